The van der Waals surface area contributed by atoms with Gasteiger partial charge < -0.3 is 5.32 Å². The van der Waals surface area contributed by atoms with Gasteiger partial charge in [0.05, 0.1) is 5.04 Å². The first-order valence-corrected chi connectivity index (χ1v) is 11.7. The summed E-state index contributed by atoms with van der Waals surface area (Å²) in [5.41, 5.74) is 3.43. The lowest BCUT2D eigenvalue weighted by Crippen LogP contribution is -2.32. The minimum atomic E-state index is -0.827. The van der Waals surface area contributed by atoms with Gasteiger partial charge in [-0.15, -0.1) is 10.2 Å². The average molecular weight is 493 g/mol. The second-order valence-electron chi connectivity index (χ2n) is 7.20. The maximum atomic E-state index is 14.2. The Balaban J connectivity index is 1.77. The fraction of sp³-hybridized carbons (Fsp3) is 0.238. The van der Waals surface area contributed by atoms with E-state index in [1.54, 1.807) is 5.01 Å². The molecule has 1 N–H and O–H groups in total. The van der Waals surface area contributed by atoms with E-state index in [0.29, 0.717) is 21.7 Å². The largest absolute Gasteiger partial charge is 0.324 e. The average Bonchev–Trinajstić information content (AvgIpc) is 3.33. The third-order valence-electron chi connectivity index (χ3n) is 4.74. The normalized spacial score (nSPS) is 16.5. The summed E-state index contributed by atoms with van der Waals surface area (Å²) in [5, 5.41) is 18.4. The molecule has 1 aliphatic heterocycles. The molecule has 1 atom stereocenters. The Morgan fingerprint density at radius 3 is 2.41 bits per heavy atom. The number of anilines is 1. The number of hydrazone groups is 1. The molecule has 166 valence electrons. The van der Waals surface area contributed by atoms with Gasteiger partial charge in [-0.2, -0.15) is 10.1 Å². The summed E-state index contributed by atoms with van der Waals surface area (Å²) in [6.07, 6.45) is 0. The Kier molecular flexibility index (Phi) is 6.45. The first kappa shape index (κ1) is 22.6. The van der Waals surface area contributed by atoms with Crippen LogP contribution < -0.4 is 5.32 Å². The van der Waals surface area contributed by atoms with Crippen molar-refractivity contribution in [3.8, 4) is 0 Å². The molecule has 0 radical (unpaired) electrons. The Labute approximate surface area is 197 Å². The van der Waals surface area contributed by atoms with Crippen molar-refractivity contribution >= 4 is 56.5 Å². The lowest BCUT2D eigenvalue weighted by Gasteiger charge is -2.25. The third kappa shape index (κ3) is 4.77. The summed E-state index contributed by atoms with van der Waals surface area (Å²) in [5.74, 6) is -1.30. The number of benzene rings is 2. The Morgan fingerprint density at radius 1 is 1.06 bits per heavy atom. The van der Waals surface area contributed by atoms with Crippen LogP contribution in [0.3, 0.4) is 0 Å². The van der Waals surface area contributed by atoms with Crippen molar-refractivity contribution in [2.24, 2.45) is 10.1 Å². The van der Waals surface area contributed by atoms with Crippen LogP contribution in [0.2, 0.25) is 5.02 Å². The lowest BCUT2D eigenvalue weighted by atomic mass is 10.1. The molecule has 1 aliphatic rings. The van der Waals surface area contributed by atoms with E-state index in [1.165, 1.54) is 35.2 Å². The predicted molar refractivity (Wildman–Crippen MR) is 128 cm³/mol. The van der Waals surface area contributed by atoms with Crippen LogP contribution >= 0.6 is 34.7 Å². The zero-order valence-corrected chi connectivity index (χ0v) is 20.0. The standard InChI is InChI=1S/C21H19ClF2N6S2/c1-10-5-6-15(7-11(10)2)25-20(26-21-28-27-12(3)32-21)30-19(31-13(4)29-30)14-8-16(23)18(22)17(24)9-14/h5-9,19H,1-4H3,(H,25,26,28). The van der Waals surface area contributed by atoms with Crippen molar-refractivity contribution in [3.05, 3.63) is 68.7 Å². The van der Waals surface area contributed by atoms with Crippen LogP contribution in [0.25, 0.3) is 0 Å². The van der Waals surface area contributed by atoms with Gasteiger partial charge in [0.25, 0.3) is 0 Å². The van der Waals surface area contributed by atoms with E-state index in [9.17, 15) is 8.78 Å². The number of nitrogens with zero attached hydrogens (tertiary/aromatic N) is 5. The number of guanidine groups is 1. The number of nitrogens with one attached hydrogen (secondary N) is 1. The summed E-state index contributed by atoms with van der Waals surface area (Å²) >= 11 is 8.36. The maximum Gasteiger partial charge on any atom is 0.234 e. The molecular weight excluding hydrogens is 474 g/mol. The Hall–Kier alpha value is -2.56. The number of rotatable bonds is 3. The highest BCUT2D eigenvalue weighted by Gasteiger charge is 2.32. The first-order chi connectivity index (χ1) is 15.2. The smallest absolute Gasteiger partial charge is 0.234 e. The summed E-state index contributed by atoms with van der Waals surface area (Å²) in [4.78, 5) is 4.62. The molecule has 2 heterocycles. The molecule has 32 heavy (non-hydrogen) atoms. The van der Waals surface area contributed by atoms with Gasteiger partial charge in [-0.25, -0.2) is 13.8 Å². The summed E-state index contributed by atoms with van der Waals surface area (Å²) in [6, 6.07) is 8.35. The molecule has 0 bridgehead atoms. The van der Waals surface area contributed by atoms with Crippen LogP contribution in [0.15, 0.2) is 40.4 Å². The van der Waals surface area contributed by atoms with Crippen molar-refractivity contribution < 1.29 is 8.78 Å². The highest BCUT2D eigenvalue weighted by Crippen LogP contribution is 2.41. The summed E-state index contributed by atoms with van der Waals surface area (Å²) < 4.78 is 28.4. The van der Waals surface area contributed by atoms with Gasteiger partial charge in [-0.05, 0) is 68.7 Å². The number of thioether (sulfide) groups is 1. The summed E-state index contributed by atoms with van der Waals surface area (Å²) in [7, 11) is 0. The van der Waals surface area contributed by atoms with E-state index < -0.39 is 22.0 Å². The molecule has 0 fully saturated rings. The monoisotopic (exact) mass is 492 g/mol. The predicted octanol–water partition coefficient (Wildman–Crippen LogP) is 6.58. The van der Waals surface area contributed by atoms with Gasteiger partial charge in [0.1, 0.15) is 27.0 Å². The fourth-order valence-electron chi connectivity index (χ4n) is 3.03. The minimum Gasteiger partial charge on any atom is -0.324 e. The Bertz CT molecular complexity index is 1220. The zero-order valence-electron chi connectivity index (χ0n) is 17.7. The summed E-state index contributed by atoms with van der Waals surface area (Å²) in [6.45, 7) is 7.70. The molecule has 1 unspecified atom stereocenters. The van der Waals surface area contributed by atoms with E-state index in [4.69, 9.17) is 11.6 Å². The van der Waals surface area contributed by atoms with Crippen LogP contribution in [0, 0.1) is 32.4 Å². The zero-order chi connectivity index (χ0) is 23.0. The number of aliphatic imine (C=N–C) groups is 1. The SMILES string of the molecule is CC1=NN(/C(=N/c2nnc(C)s2)Nc2ccc(C)c(C)c2)C(c2cc(F)c(Cl)c(F)c2)S1. The molecule has 0 saturated heterocycles. The van der Waals surface area contributed by atoms with Crippen molar-refractivity contribution in [1.29, 1.82) is 0 Å². The molecular formula is C21H19ClF2N6S2. The molecule has 4 rings (SSSR count). The van der Waals surface area contributed by atoms with Gasteiger partial charge in [-0.3, -0.25) is 0 Å². The van der Waals surface area contributed by atoms with Gasteiger partial charge in [-0.1, -0.05) is 40.8 Å². The topological polar surface area (TPSA) is 65.8 Å². The quantitative estimate of drug-likeness (QED) is 0.254. The molecule has 1 aromatic heterocycles. The van der Waals surface area contributed by atoms with Crippen LogP contribution in [0.4, 0.5) is 19.6 Å². The number of hydrogen-bond acceptors (Lipinski definition) is 6. The van der Waals surface area contributed by atoms with E-state index in [2.05, 4.69) is 25.6 Å². The van der Waals surface area contributed by atoms with Crippen molar-refractivity contribution in [2.75, 3.05) is 5.32 Å². The second-order valence-corrected chi connectivity index (χ2v) is 10.0. The number of halogens is 3. The first-order valence-electron chi connectivity index (χ1n) is 9.60. The van der Waals surface area contributed by atoms with Crippen LogP contribution in [-0.2, 0) is 0 Å². The highest BCUT2D eigenvalue weighted by atomic mass is 35.5. The maximum absolute atomic E-state index is 14.2. The van der Waals surface area contributed by atoms with E-state index in [1.807, 2.05) is 45.9 Å². The van der Waals surface area contributed by atoms with Gasteiger partial charge >= 0.3 is 0 Å². The number of aromatic nitrogens is 2. The highest BCUT2D eigenvalue weighted by molar-refractivity contribution is 8.14. The molecule has 0 spiro atoms. The second kappa shape index (κ2) is 9.13. The van der Waals surface area contributed by atoms with Gasteiger partial charge in [0.15, 0.2) is 0 Å². The number of hydrogen-bond donors (Lipinski definition) is 1. The molecule has 0 saturated carbocycles. The van der Waals surface area contributed by atoms with Crippen molar-refractivity contribution in [1.82, 2.24) is 15.2 Å². The van der Waals surface area contributed by atoms with Crippen LogP contribution in [-0.4, -0.2) is 26.2 Å². The van der Waals surface area contributed by atoms with E-state index in [0.717, 1.165) is 21.8 Å². The fourth-order valence-corrected chi connectivity index (χ4v) is 4.68. The van der Waals surface area contributed by atoms with E-state index in [-0.39, 0.29) is 0 Å². The molecule has 2 aromatic carbocycles. The molecule has 0 aliphatic carbocycles. The van der Waals surface area contributed by atoms with Gasteiger partial charge in [0.2, 0.25) is 11.1 Å². The van der Waals surface area contributed by atoms with Gasteiger partial charge in [0, 0.05) is 5.69 Å². The molecule has 6 nitrogen and oxygen atoms in total. The third-order valence-corrected chi connectivity index (χ3v) is 6.95. The molecule has 11 heteroatoms. The Morgan fingerprint density at radius 2 is 1.78 bits per heavy atom. The molecule has 0 amide bonds. The van der Waals surface area contributed by atoms with Crippen molar-refractivity contribution in [2.45, 2.75) is 33.1 Å². The number of aryl methyl sites for hydroxylation is 3. The minimum absolute atomic E-state index is 0.356. The van der Waals surface area contributed by atoms with E-state index >= 15 is 0 Å². The lowest BCUT2D eigenvalue weighted by molar-refractivity contribution is 0.434. The van der Waals surface area contributed by atoms with Crippen LogP contribution in [0.1, 0.15) is 34.0 Å². The molecule has 3 aromatic rings. The van der Waals surface area contributed by atoms with Crippen molar-refractivity contribution in [3.63, 3.8) is 0 Å². The van der Waals surface area contributed by atoms with Crippen LogP contribution in [0.5, 0.6) is 0 Å².